The lowest BCUT2D eigenvalue weighted by Crippen LogP contribution is -2.28. The van der Waals surface area contributed by atoms with Gasteiger partial charge in [0.25, 0.3) is 0 Å². The van der Waals surface area contributed by atoms with Crippen molar-refractivity contribution in [3.63, 3.8) is 0 Å². The van der Waals surface area contributed by atoms with E-state index >= 15 is 0 Å². The quantitative estimate of drug-likeness (QED) is 0.809. The van der Waals surface area contributed by atoms with Gasteiger partial charge in [-0.2, -0.15) is 0 Å². The number of benzene rings is 1. The zero-order valence-electron chi connectivity index (χ0n) is 13.4. The molecule has 3 heterocycles. The largest absolute Gasteiger partial charge is 0.326 e. The molecule has 0 spiro atoms. The smallest absolute Gasteiger partial charge is 0.137 e. The minimum atomic E-state index is 0.191. The first-order valence-electron chi connectivity index (χ1n) is 8.17. The summed E-state index contributed by atoms with van der Waals surface area (Å²) >= 11 is 0. The van der Waals surface area contributed by atoms with Crippen molar-refractivity contribution in [1.82, 2.24) is 14.3 Å². The summed E-state index contributed by atoms with van der Waals surface area (Å²) in [6.45, 7) is 4.89. The first-order chi connectivity index (χ1) is 11.2. The molecule has 1 aliphatic heterocycles. The summed E-state index contributed by atoms with van der Waals surface area (Å²) in [6, 6.07) is 17.0. The summed E-state index contributed by atoms with van der Waals surface area (Å²) in [6.07, 6.45) is 2.14. The van der Waals surface area contributed by atoms with E-state index in [9.17, 15) is 0 Å². The Kier molecular flexibility index (Phi) is 3.63. The van der Waals surface area contributed by atoms with E-state index in [0.29, 0.717) is 5.92 Å². The predicted octanol–water partition coefficient (Wildman–Crippen LogP) is 2.57. The molecule has 118 valence electrons. The topological polar surface area (TPSA) is 46.6 Å². The van der Waals surface area contributed by atoms with Crippen LogP contribution in [-0.2, 0) is 6.54 Å². The number of nitrogens with two attached hydrogens (primary N) is 1. The summed E-state index contributed by atoms with van der Waals surface area (Å²) in [7, 11) is 0. The number of aryl methyl sites for hydroxylation is 1. The SMILES string of the molecule is Cc1cccc2nc(CN3C[C@@H](N)[C@H](c4ccccc4)C3)cn12. The highest BCUT2D eigenvalue weighted by molar-refractivity contribution is 5.41. The zero-order chi connectivity index (χ0) is 15.8. The molecule has 23 heavy (non-hydrogen) atoms. The number of nitrogens with zero attached hydrogens (tertiary/aromatic N) is 3. The highest BCUT2D eigenvalue weighted by Gasteiger charge is 2.31. The second-order valence-corrected chi connectivity index (χ2v) is 6.50. The Morgan fingerprint density at radius 2 is 1.91 bits per heavy atom. The van der Waals surface area contributed by atoms with Crippen molar-refractivity contribution < 1.29 is 0 Å². The third kappa shape index (κ3) is 2.76. The van der Waals surface area contributed by atoms with Crippen molar-refractivity contribution in [1.29, 1.82) is 0 Å². The fourth-order valence-electron chi connectivity index (χ4n) is 3.60. The third-order valence-corrected chi connectivity index (χ3v) is 4.80. The Morgan fingerprint density at radius 3 is 2.70 bits per heavy atom. The standard InChI is InChI=1S/C19H22N4/c1-14-6-5-9-19-21-16(11-23(14)19)10-22-12-17(18(20)13-22)15-7-3-2-4-8-15/h2-9,11,17-18H,10,12-13,20H2,1H3/t17-,18+/m0/s1. The zero-order valence-corrected chi connectivity index (χ0v) is 13.4. The van der Waals surface area contributed by atoms with E-state index in [4.69, 9.17) is 10.7 Å². The highest BCUT2D eigenvalue weighted by Crippen LogP contribution is 2.27. The molecule has 0 saturated carbocycles. The molecule has 3 aromatic rings. The van der Waals surface area contributed by atoms with Crippen LogP contribution in [0.5, 0.6) is 0 Å². The van der Waals surface area contributed by atoms with Gasteiger partial charge in [-0.15, -0.1) is 0 Å². The number of pyridine rings is 1. The summed E-state index contributed by atoms with van der Waals surface area (Å²) in [5.74, 6) is 0.412. The van der Waals surface area contributed by atoms with Gasteiger partial charge >= 0.3 is 0 Å². The van der Waals surface area contributed by atoms with Gasteiger partial charge in [0.1, 0.15) is 5.65 Å². The van der Waals surface area contributed by atoms with Crippen molar-refractivity contribution >= 4 is 5.65 Å². The van der Waals surface area contributed by atoms with E-state index in [2.05, 4.69) is 71.0 Å². The number of hydrogen-bond donors (Lipinski definition) is 1. The number of aromatic nitrogens is 2. The van der Waals surface area contributed by atoms with E-state index in [-0.39, 0.29) is 6.04 Å². The maximum absolute atomic E-state index is 6.39. The molecule has 1 fully saturated rings. The van der Waals surface area contributed by atoms with Crippen molar-refractivity contribution in [3.05, 3.63) is 71.7 Å². The molecule has 0 bridgehead atoms. The van der Waals surface area contributed by atoms with Gasteiger partial charge in [0.2, 0.25) is 0 Å². The van der Waals surface area contributed by atoms with Crippen LogP contribution >= 0.6 is 0 Å². The van der Waals surface area contributed by atoms with Crippen LogP contribution in [0.3, 0.4) is 0 Å². The first-order valence-corrected chi connectivity index (χ1v) is 8.17. The minimum Gasteiger partial charge on any atom is -0.326 e. The molecule has 1 saturated heterocycles. The summed E-state index contributed by atoms with van der Waals surface area (Å²) in [5.41, 5.74) is 11.1. The minimum absolute atomic E-state index is 0.191. The Morgan fingerprint density at radius 1 is 1.09 bits per heavy atom. The van der Waals surface area contributed by atoms with Crippen molar-refractivity contribution in [2.24, 2.45) is 5.73 Å². The number of imidazole rings is 1. The molecule has 0 unspecified atom stereocenters. The highest BCUT2D eigenvalue weighted by atomic mass is 15.2. The lowest BCUT2D eigenvalue weighted by molar-refractivity contribution is 0.320. The van der Waals surface area contributed by atoms with Gasteiger partial charge in [0, 0.05) is 43.5 Å². The molecule has 4 nitrogen and oxygen atoms in total. The second kappa shape index (κ2) is 5.80. The number of likely N-dealkylation sites (tertiary alicyclic amines) is 1. The van der Waals surface area contributed by atoms with Gasteiger partial charge in [-0.25, -0.2) is 4.98 Å². The van der Waals surface area contributed by atoms with Gasteiger partial charge in [-0.05, 0) is 24.6 Å². The number of hydrogen-bond acceptors (Lipinski definition) is 3. The normalized spacial score (nSPS) is 22.0. The molecule has 0 aliphatic carbocycles. The van der Waals surface area contributed by atoms with E-state index in [1.165, 1.54) is 11.3 Å². The molecule has 1 aliphatic rings. The molecular formula is C19H22N4. The van der Waals surface area contributed by atoms with Crippen molar-refractivity contribution in [3.8, 4) is 0 Å². The Balaban J connectivity index is 1.52. The van der Waals surface area contributed by atoms with E-state index in [1.807, 2.05) is 0 Å². The van der Waals surface area contributed by atoms with Gasteiger partial charge in [-0.3, -0.25) is 4.90 Å². The molecule has 2 atom stereocenters. The number of fused-ring (bicyclic) bond motifs is 1. The average Bonchev–Trinajstić information content (AvgIpc) is 3.12. The van der Waals surface area contributed by atoms with Crippen LogP contribution in [0, 0.1) is 6.92 Å². The van der Waals surface area contributed by atoms with Crippen molar-refractivity contribution in [2.45, 2.75) is 25.4 Å². The second-order valence-electron chi connectivity index (χ2n) is 6.50. The van der Waals surface area contributed by atoms with Crippen molar-refractivity contribution in [2.75, 3.05) is 13.1 Å². The van der Waals surface area contributed by atoms with Crippen LogP contribution in [0.2, 0.25) is 0 Å². The molecular weight excluding hydrogens is 284 g/mol. The fourth-order valence-corrected chi connectivity index (χ4v) is 3.60. The molecule has 2 N–H and O–H groups in total. The molecule has 4 rings (SSSR count). The van der Waals surface area contributed by atoms with Crippen LogP contribution in [0.1, 0.15) is 22.9 Å². The van der Waals surface area contributed by atoms with Crippen LogP contribution in [-0.4, -0.2) is 33.4 Å². The van der Waals surface area contributed by atoms with Gasteiger partial charge < -0.3 is 10.1 Å². The molecule has 2 aromatic heterocycles. The van der Waals surface area contributed by atoms with Crippen LogP contribution in [0.25, 0.3) is 5.65 Å². The van der Waals surface area contributed by atoms with Crippen LogP contribution < -0.4 is 5.73 Å². The average molecular weight is 306 g/mol. The lowest BCUT2D eigenvalue weighted by Gasteiger charge is -2.15. The summed E-state index contributed by atoms with van der Waals surface area (Å²) < 4.78 is 2.15. The maximum Gasteiger partial charge on any atom is 0.137 e. The lowest BCUT2D eigenvalue weighted by atomic mass is 9.95. The molecule has 0 radical (unpaired) electrons. The fraction of sp³-hybridized carbons (Fsp3) is 0.316. The first kappa shape index (κ1) is 14.4. The van der Waals surface area contributed by atoms with Gasteiger partial charge in [-0.1, -0.05) is 36.4 Å². The molecule has 0 amide bonds. The van der Waals surface area contributed by atoms with Gasteiger partial charge in [0.15, 0.2) is 0 Å². The monoisotopic (exact) mass is 306 g/mol. The van der Waals surface area contributed by atoms with E-state index in [1.54, 1.807) is 0 Å². The van der Waals surface area contributed by atoms with E-state index in [0.717, 1.165) is 31.0 Å². The predicted molar refractivity (Wildman–Crippen MR) is 92.4 cm³/mol. The summed E-state index contributed by atoms with van der Waals surface area (Å²) in [4.78, 5) is 7.16. The third-order valence-electron chi connectivity index (χ3n) is 4.80. The van der Waals surface area contributed by atoms with Gasteiger partial charge in [0.05, 0.1) is 5.69 Å². The van der Waals surface area contributed by atoms with Crippen LogP contribution in [0.4, 0.5) is 0 Å². The molecule has 1 aromatic carbocycles. The Labute approximate surface area is 136 Å². The molecule has 4 heteroatoms. The Bertz CT molecular complexity index is 809. The maximum atomic E-state index is 6.39. The number of rotatable bonds is 3. The van der Waals surface area contributed by atoms with E-state index < -0.39 is 0 Å². The Hall–Kier alpha value is -2.17. The van der Waals surface area contributed by atoms with Crippen LogP contribution in [0.15, 0.2) is 54.7 Å². The summed E-state index contributed by atoms with van der Waals surface area (Å²) in [5, 5.41) is 0.